The summed E-state index contributed by atoms with van der Waals surface area (Å²) in [6, 6.07) is 5.40. The van der Waals surface area contributed by atoms with Crippen molar-refractivity contribution in [3.63, 3.8) is 0 Å². The molecule has 1 N–H and O–H groups in total. The molecule has 0 aromatic heterocycles. The molecule has 0 heterocycles. The molecule has 68 valence electrons. The fraction of sp³-hybridized carbons (Fsp3) is 0.273. The van der Waals surface area contributed by atoms with Crippen LogP contribution >= 0.6 is 0 Å². The van der Waals surface area contributed by atoms with Gasteiger partial charge in [0.1, 0.15) is 0 Å². The second kappa shape index (κ2) is 4.42. The molecule has 0 saturated carbocycles. The number of phenols is 1. The predicted octanol–water partition coefficient (Wildman–Crippen LogP) is 1.97. The first-order chi connectivity index (χ1) is 6.29. The lowest BCUT2D eigenvalue weighted by Gasteiger charge is -2.06. The molecular weight excluding hydrogens is 164 g/mol. The lowest BCUT2D eigenvalue weighted by Crippen LogP contribution is -1.89. The lowest BCUT2D eigenvalue weighted by atomic mass is 10.1. The second-order valence-corrected chi connectivity index (χ2v) is 2.67. The van der Waals surface area contributed by atoms with E-state index in [2.05, 4.69) is 5.92 Å². The maximum atomic E-state index is 9.62. The van der Waals surface area contributed by atoms with Crippen molar-refractivity contribution in [1.29, 1.82) is 0 Å². The van der Waals surface area contributed by atoms with Gasteiger partial charge in [0.25, 0.3) is 0 Å². The quantitative estimate of drug-likeness (QED) is 0.713. The number of rotatable bonds is 3. The molecule has 1 aromatic rings. The van der Waals surface area contributed by atoms with Gasteiger partial charge in [0.05, 0.1) is 7.11 Å². The number of ether oxygens (including phenoxy) is 1. The van der Waals surface area contributed by atoms with Crippen molar-refractivity contribution in [1.82, 2.24) is 0 Å². The van der Waals surface area contributed by atoms with Crippen molar-refractivity contribution in [3.8, 4) is 23.8 Å². The van der Waals surface area contributed by atoms with Crippen molar-refractivity contribution in [3.05, 3.63) is 23.8 Å². The third-order valence-electron chi connectivity index (χ3n) is 1.84. The first kappa shape index (κ1) is 9.47. The highest BCUT2D eigenvalue weighted by Gasteiger charge is 2.05. The van der Waals surface area contributed by atoms with Crippen LogP contribution in [0.15, 0.2) is 18.2 Å². The number of benzene rings is 1. The third kappa shape index (κ3) is 2.16. The van der Waals surface area contributed by atoms with Gasteiger partial charge in [0, 0.05) is 6.42 Å². The summed E-state index contributed by atoms with van der Waals surface area (Å²) in [5.74, 6) is 3.22. The van der Waals surface area contributed by atoms with Crippen molar-refractivity contribution < 1.29 is 9.84 Å². The standard InChI is InChI=1S/C11H12O2/c1-3-4-6-9-7-5-8-10(13-2)11(9)12/h1,5,7-8,12H,4,6H2,2H3. The Morgan fingerprint density at radius 3 is 2.92 bits per heavy atom. The maximum absolute atomic E-state index is 9.62. The maximum Gasteiger partial charge on any atom is 0.160 e. The number of methoxy groups -OCH3 is 1. The number of hydrogen-bond acceptors (Lipinski definition) is 2. The molecule has 0 amide bonds. The van der Waals surface area contributed by atoms with Gasteiger partial charge >= 0.3 is 0 Å². The van der Waals surface area contributed by atoms with Gasteiger partial charge in [0.15, 0.2) is 11.5 Å². The second-order valence-electron chi connectivity index (χ2n) is 2.67. The monoisotopic (exact) mass is 176 g/mol. The molecule has 0 saturated heterocycles. The van der Waals surface area contributed by atoms with E-state index in [9.17, 15) is 5.11 Å². The van der Waals surface area contributed by atoms with Gasteiger partial charge in [-0.3, -0.25) is 0 Å². The Labute approximate surface area is 78.2 Å². The van der Waals surface area contributed by atoms with Gasteiger partial charge in [-0.1, -0.05) is 12.1 Å². The Balaban J connectivity index is 2.89. The summed E-state index contributed by atoms with van der Waals surface area (Å²) in [5, 5.41) is 9.62. The van der Waals surface area contributed by atoms with E-state index in [1.54, 1.807) is 6.07 Å². The smallest absolute Gasteiger partial charge is 0.160 e. The van der Waals surface area contributed by atoms with Gasteiger partial charge in [-0.25, -0.2) is 0 Å². The molecule has 0 bridgehead atoms. The van der Waals surface area contributed by atoms with E-state index in [1.165, 1.54) is 7.11 Å². The lowest BCUT2D eigenvalue weighted by molar-refractivity contribution is 0.370. The van der Waals surface area contributed by atoms with Crippen LogP contribution in [0.5, 0.6) is 11.5 Å². The average molecular weight is 176 g/mol. The minimum atomic E-state index is 0.195. The molecule has 2 heteroatoms. The minimum Gasteiger partial charge on any atom is -0.504 e. The normalized spacial score (nSPS) is 9.23. The van der Waals surface area contributed by atoms with Crippen LogP contribution in [0.1, 0.15) is 12.0 Å². The van der Waals surface area contributed by atoms with E-state index in [0.29, 0.717) is 18.6 Å². The molecule has 0 aliphatic carbocycles. The number of aromatic hydroxyl groups is 1. The molecule has 0 unspecified atom stereocenters. The molecule has 0 radical (unpaired) electrons. The molecule has 2 nitrogen and oxygen atoms in total. The molecule has 0 atom stereocenters. The van der Waals surface area contributed by atoms with Gasteiger partial charge in [0.2, 0.25) is 0 Å². The van der Waals surface area contributed by atoms with Crippen LogP contribution < -0.4 is 4.74 Å². The highest BCUT2D eigenvalue weighted by Crippen LogP contribution is 2.29. The summed E-state index contributed by atoms with van der Waals surface area (Å²) in [5.41, 5.74) is 0.831. The van der Waals surface area contributed by atoms with Crippen LogP contribution in [0.25, 0.3) is 0 Å². The molecule has 0 aliphatic heterocycles. The summed E-state index contributed by atoms with van der Waals surface area (Å²) < 4.78 is 4.96. The summed E-state index contributed by atoms with van der Waals surface area (Å²) in [7, 11) is 1.53. The average Bonchev–Trinajstić information content (AvgIpc) is 2.16. The fourth-order valence-corrected chi connectivity index (χ4v) is 1.14. The van der Waals surface area contributed by atoms with Crippen LogP contribution in [-0.4, -0.2) is 12.2 Å². The molecule has 0 spiro atoms. The third-order valence-corrected chi connectivity index (χ3v) is 1.84. The summed E-state index contributed by atoms with van der Waals surface area (Å²) >= 11 is 0. The Morgan fingerprint density at radius 2 is 2.31 bits per heavy atom. The van der Waals surface area contributed by atoms with Gasteiger partial charge < -0.3 is 9.84 Å². The minimum absolute atomic E-state index is 0.195. The number of para-hydroxylation sites is 1. The Hall–Kier alpha value is -1.62. The fourth-order valence-electron chi connectivity index (χ4n) is 1.14. The molecule has 1 rings (SSSR count). The Bertz CT molecular complexity index is 323. The molecule has 0 fully saturated rings. The zero-order valence-corrected chi connectivity index (χ0v) is 7.58. The van der Waals surface area contributed by atoms with E-state index in [-0.39, 0.29) is 5.75 Å². The summed E-state index contributed by atoms with van der Waals surface area (Å²) in [6.07, 6.45) is 6.44. The zero-order valence-electron chi connectivity index (χ0n) is 7.58. The number of hydrogen-bond donors (Lipinski definition) is 1. The van der Waals surface area contributed by atoms with Gasteiger partial charge in [-0.2, -0.15) is 0 Å². The van der Waals surface area contributed by atoms with Crippen molar-refractivity contribution in [2.24, 2.45) is 0 Å². The first-order valence-electron chi connectivity index (χ1n) is 4.08. The Morgan fingerprint density at radius 1 is 1.54 bits per heavy atom. The van der Waals surface area contributed by atoms with Gasteiger partial charge in [-0.15, -0.1) is 12.3 Å². The van der Waals surface area contributed by atoms with E-state index in [0.717, 1.165) is 5.56 Å². The number of aryl methyl sites for hydroxylation is 1. The zero-order chi connectivity index (χ0) is 9.68. The predicted molar refractivity (Wildman–Crippen MR) is 51.8 cm³/mol. The highest BCUT2D eigenvalue weighted by molar-refractivity contribution is 5.45. The first-order valence-corrected chi connectivity index (χ1v) is 4.08. The molecule has 13 heavy (non-hydrogen) atoms. The molecule has 0 aliphatic rings. The van der Waals surface area contributed by atoms with Crippen molar-refractivity contribution in [2.45, 2.75) is 12.8 Å². The Kier molecular flexibility index (Phi) is 3.22. The van der Waals surface area contributed by atoms with Crippen molar-refractivity contribution in [2.75, 3.05) is 7.11 Å². The van der Waals surface area contributed by atoms with Crippen LogP contribution in [0, 0.1) is 12.3 Å². The topological polar surface area (TPSA) is 29.5 Å². The van der Waals surface area contributed by atoms with Crippen LogP contribution in [0.4, 0.5) is 0 Å². The van der Waals surface area contributed by atoms with E-state index < -0.39 is 0 Å². The SMILES string of the molecule is C#CCCc1cccc(OC)c1O. The van der Waals surface area contributed by atoms with Gasteiger partial charge in [-0.05, 0) is 18.1 Å². The van der Waals surface area contributed by atoms with Crippen LogP contribution in [-0.2, 0) is 6.42 Å². The molecule has 1 aromatic carbocycles. The van der Waals surface area contributed by atoms with E-state index in [1.807, 2.05) is 12.1 Å². The van der Waals surface area contributed by atoms with E-state index >= 15 is 0 Å². The molecular formula is C11H12O2. The highest BCUT2D eigenvalue weighted by atomic mass is 16.5. The number of phenolic OH excluding ortho intramolecular Hbond substituents is 1. The van der Waals surface area contributed by atoms with Crippen LogP contribution in [0.3, 0.4) is 0 Å². The van der Waals surface area contributed by atoms with Crippen LogP contribution in [0.2, 0.25) is 0 Å². The summed E-state index contributed by atoms with van der Waals surface area (Å²) in [4.78, 5) is 0. The summed E-state index contributed by atoms with van der Waals surface area (Å²) in [6.45, 7) is 0. The number of terminal acetylenes is 1. The van der Waals surface area contributed by atoms with E-state index in [4.69, 9.17) is 11.2 Å². The largest absolute Gasteiger partial charge is 0.504 e. The van der Waals surface area contributed by atoms with Crippen molar-refractivity contribution >= 4 is 0 Å².